The van der Waals surface area contributed by atoms with Crippen LogP contribution in [0.5, 0.6) is 0 Å². The first-order chi connectivity index (χ1) is 12.6. The molecule has 5 heteroatoms. The Kier molecular flexibility index (Phi) is 5.77. The fourth-order valence-electron chi connectivity index (χ4n) is 3.06. The molecular weight excluding hydrogens is 348 g/mol. The van der Waals surface area contributed by atoms with Crippen LogP contribution in [0.25, 0.3) is 16.9 Å². The zero-order valence-corrected chi connectivity index (χ0v) is 15.5. The van der Waals surface area contributed by atoms with Gasteiger partial charge in [0.2, 0.25) is 0 Å². The van der Waals surface area contributed by atoms with E-state index in [9.17, 15) is 5.11 Å². The molecule has 2 aromatic carbocycles. The van der Waals surface area contributed by atoms with Crippen LogP contribution in [0.15, 0.2) is 60.7 Å². The third kappa shape index (κ3) is 3.83. The van der Waals surface area contributed by atoms with E-state index in [0.717, 1.165) is 16.9 Å². The molecule has 0 bridgehead atoms. The van der Waals surface area contributed by atoms with Crippen molar-refractivity contribution in [2.45, 2.75) is 31.8 Å². The molecule has 0 spiro atoms. The number of aromatic nitrogens is 2. The Labute approximate surface area is 158 Å². The molecule has 0 fully saturated rings. The van der Waals surface area contributed by atoms with Gasteiger partial charge in [0.05, 0.1) is 17.1 Å². The molecule has 0 saturated carbocycles. The van der Waals surface area contributed by atoms with Crippen LogP contribution in [-0.4, -0.2) is 26.6 Å². The average molecular weight is 371 g/mol. The van der Waals surface area contributed by atoms with Gasteiger partial charge in [0.15, 0.2) is 0 Å². The molecule has 1 aromatic heterocycles. The van der Waals surface area contributed by atoms with Crippen LogP contribution in [0.2, 0.25) is 5.02 Å². The van der Waals surface area contributed by atoms with E-state index in [-0.39, 0.29) is 6.61 Å². The number of aliphatic hydroxyl groups is 2. The van der Waals surface area contributed by atoms with Crippen LogP contribution >= 0.6 is 11.6 Å². The van der Waals surface area contributed by atoms with Crippen molar-refractivity contribution in [1.29, 1.82) is 0 Å². The summed E-state index contributed by atoms with van der Waals surface area (Å²) in [6.45, 7) is 1.98. The topological polar surface area (TPSA) is 58.3 Å². The number of nitrogens with zero attached hydrogens (tertiary/aromatic N) is 2. The Morgan fingerprint density at radius 1 is 1.08 bits per heavy atom. The summed E-state index contributed by atoms with van der Waals surface area (Å²) in [5.41, 5.74) is 2.33. The van der Waals surface area contributed by atoms with Crippen LogP contribution in [0.4, 0.5) is 0 Å². The number of rotatable bonds is 7. The molecule has 0 aliphatic rings. The summed E-state index contributed by atoms with van der Waals surface area (Å²) in [7, 11) is 0. The molecule has 3 aromatic rings. The van der Waals surface area contributed by atoms with E-state index in [2.05, 4.69) is 0 Å². The molecule has 136 valence electrons. The zero-order valence-electron chi connectivity index (χ0n) is 14.8. The van der Waals surface area contributed by atoms with Crippen molar-refractivity contribution >= 4 is 11.6 Å². The summed E-state index contributed by atoms with van der Waals surface area (Å²) >= 11 is 6.03. The predicted molar refractivity (Wildman–Crippen MR) is 105 cm³/mol. The number of hydrogen-bond acceptors (Lipinski definition) is 3. The molecular formula is C21H23ClN2O2. The van der Waals surface area contributed by atoms with Gasteiger partial charge in [-0.05, 0) is 49.6 Å². The largest absolute Gasteiger partial charge is 0.396 e. The maximum absolute atomic E-state index is 11.1. The van der Waals surface area contributed by atoms with Crippen molar-refractivity contribution in [1.82, 2.24) is 9.78 Å². The van der Waals surface area contributed by atoms with Crippen molar-refractivity contribution in [3.8, 4) is 16.9 Å². The Hall–Kier alpha value is -2.14. The average Bonchev–Trinajstić information content (AvgIpc) is 3.13. The third-order valence-electron chi connectivity index (χ3n) is 4.66. The number of hydrogen-bond donors (Lipinski definition) is 2. The van der Waals surface area contributed by atoms with Gasteiger partial charge in [-0.2, -0.15) is 5.10 Å². The van der Waals surface area contributed by atoms with Gasteiger partial charge in [-0.25, -0.2) is 4.68 Å². The fourth-order valence-corrected chi connectivity index (χ4v) is 3.18. The van der Waals surface area contributed by atoms with Gasteiger partial charge < -0.3 is 10.2 Å². The maximum atomic E-state index is 11.1. The fraction of sp³-hybridized carbons (Fsp3) is 0.286. The maximum Gasteiger partial charge on any atom is 0.108 e. The SMILES string of the molecule is CCC(O)(CCCO)c1cc(-c2ccc(Cl)cc2)n(-c2ccccc2)n1. The van der Waals surface area contributed by atoms with E-state index in [4.69, 9.17) is 21.8 Å². The lowest BCUT2D eigenvalue weighted by Gasteiger charge is -2.24. The van der Waals surface area contributed by atoms with Gasteiger partial charge in [-0.3, -0.25) is 0 Å². The second-order valence-corrected chi connectivity index (χ2v) is 6.82. The molecule has 4 nitrogen and oxygen atoms in total. The highest BCUT2D eigenvalue weighted by Gasteiger charge is 2.31. The summed E-state index contributed by atoms with van der Waals surface area (Å²) in [5.74, 6) is 0. The lowest BCUT2D eigenvalue weighted by molar-refractivity contribution is 0.0125. The van der Waals surface area contributed by atoms with Crippen molar-refractivity contribution in [3.63, 3.8) is 0 Å². The Morgan fingerprint density at radius 2 is 1.77 bits per heavy atom. The molecule has 3 rings (SSSR count). The van der Waals surface area contributed by atoms with E-state index in [1.807, 2.05) is 72.3 Å². The van der Waals surface area contributed by atoms with E-state index in [1.54, 1.807) is 0 Å². The summed E-state index contributed by atoms with van der Waals surface area (Å²) in [4.78, 5) is 0. The summed E-state index contributed by atoms with van der Waals surface area (Å²) in [5, 5.41) is 25.7. The molecule has 1 heterocycles. The van der Waals surface area contributed by atoms with Gasteiger partial charge in [-0.15, -0.1) is 0 Å². The van der Waals surface area contributed by atoms with Crippen LogP contribution in [0.1, 0.15) is 31.9 Å². The smallest absolute Gasteiger partial charge is 0.108 e. The van der Waals surface area contributed by atoms with Crippen molar-refractivity contribution < 1.29 is 10.2 Å². The van der Waals surface area contributed by atoms with Crippen LogP contribution < -0.4 is 0 Å². The van der Waals surface area contributed by atoms with Crippen molar-refractivity contribution in [2.75, 3.05) is 6.61 Å². The van der Waals surface area contributed by atoms with Crippen molar-refractivity contribution in [2.24, 2.45) is 0 Å². The molecule has 26 heavy (non-hydrogen) atoms. The Morgan fingerprint density at radius 3 is 2.38 bits per heavy atom. The first kappa shape index (κ1) is 18.6. The first-order valence-electron chi connectivity index (χ1n) is 8.82. The molecule has 0 aliphatic heterocycles. The lowest BCUT2D eigenvalue weighted by Crippen LogP contribution is -2.26. The van der Waals surface area contributed by atoms with Crippen LogP contribution in [0.3, 0.4) is 0 Å². The molecule has 0 amide bonds. The summed E-state index contributed by atoms with van der Waals surface area (Å²) in [6.07, 6.45) is 1.52. The van der Waals surface area contributed by atoms with Crippen LogP contribution in [0, 0.1) is 0 Å². The number of halogens is 1. The Bertz CT molecular complexity index is 846. The van der Waals surface area contributed by atoms with E-state index < -0.39 is 5.60 Å². The first-order valence-corrected chi connectivity index (χ1v) is 9.20. The lowest BCUT2D eigenvalue weighted by atomic mass is 9.90. The second-order valence-electron chi connectivity index (χ2n) is 6.38. The summed E-state index contributed by atoms with van der Waals surface area (Å²) in [6, 6.07) is 19.3. The van der Waals surface area contributed by atoms with Crippen molar-refractivity contribution in [3.05, 3.63) is 71.4 Å². The molecule has 2 N–H and O–H groups in total. The van der Waals surface area contributed by atoms with Gasteiger partial charge in [0, 0.05) is 17.2 Å². The minimum atomic E-state index is -1.07. The highest BCUT2D eigenvalue weighted by atomic mass is 35.5. The standard InChI is InChI=1S/C21H23ClN2O2/c1-2-21(26,13-6-14-25)20-15-19(16-9-11-17(22)12-10-16)24(23-20)18-7-4-3-5-8-18/h3-5,7-12,15,25-26H,2,6,13-14H2,1H3. The second kappa shape index (κ2) is 8.04. The predicted octanol–water partition coefficient (Wildman–Crippen LogP) is 4.56. The highest BCUT2D eigenvalue weighted by molar-refractivity contribution is 6.30. The zero-order chi connectivity index (χ0) is 18.6. The Balaban J connectivity index is 2.12. The minimum Gasteiger partial charge on any atom is -0.396 e. The number of para-hydroxylation sites is 1. The highest BCUT2D eigenvalue weighted by Crippen LogP contribution is 2.34. The van der Waals surface area contributed by atoms with Gasteiger partial charge in [-0.1, -0.05) is 48.9 Å². The quantitative estimate of drug-likeness (QED) is 0.640. The van der Waals surface area contributed by atoms with E-state index in [1.165, 1.54) is 0 Å². The number of aliphatic hydroxyl groups excluding tert-OH is 1. The normalized spacial score (nSPS) is 13.5. The molecule has 0 radical (unpaired) electrons. The molecule has 0 saturated heterocycles. The van der Waals surface area contributed by atoms with Crippen LogP contribution in [-0.2, 0) is 5.60 Å². The van der Waals surface area contributed by atoms with Gasteiger partial charge >= 0.3 is 0 Å². The molecule has 1 atom stereocenters. The monoisotopic (exact) mass is 370 g/mol. The van der Waals surface area contributed by atoms with Gasteiger partial charge in [0.25, 0.3) is 0 Å². The number of benzene rings is 2. The third-order valence-corrected chi connectivity index (χ3v) is 4.91. The minimum absolute atomic E-state index is 0.0474. The molecule has 1 unspecified atom stereocenters. The van der Waals surface area contributed by atoms with E-state index in [0.29, 0.717) is 30.0 Å². The van der Waals surface area contributed by atoms with E-state index >= 15 is 0 Å². The molecule has 0 aliphatic carbocycles. The summed E-state index contributed by atoms with van der Waals surface area (Å²) < 4.78 is 1.85. The van der Waals surface area contributed by atoms with Gasteiger partial charge in [0.1, 0.15) is 5.60 Å².